The first-order valence-corrected chi connectivity index (χ1v) is 6.62. The number of anilines is 1. The monoisotopic (exact) mass is 309 g/mol. The normalized spacial score (nSPS) is 14.7. The summed E-state index contributed by atoms with van der Waals surface area (Å²) in [5.74, 6) is -0.288. The highest BCUT2D eigenvalue weighted by Crippen LogP contribution is 2.36. The van der Waals surface area contributed by atoms with Gasteiger partial charge in [0.05, 0.1) is 12.8 Å². The van der Waals surface area contributed by atoms with Crippen LogP contribution in [0.5, 0.6) is 0 Å². The molecule has 0 aromatic heterocycles. The largest absolute Gasteiger partial charge is 0.466 e. The van der Waals surface area contributed by atoms with E-state index in [4.69, 9.17) is 4.74 Å². The number of benzene rings is 1. The number of esters is 1. The Morgan fingerprint density at radius 3 is 2.89 bits per heavy atom. The van der Waals surface area contributed by atoms with E-state index in [1.54, 1.807) is 6.92 Å². The Labute approximate surface area is 116 Å². The molecule has 0 amide bonds. The second kappa shape index (κ2) is 5.14. The zero-order chi connectivity index (χ0) is 13.3. The number of carbonyl (C=O) groups excluding carboxylic acids is 1. The Morgan fingerprint density at radius 1 is 1.50 bits per heavy atom. The molecule has 0 N–H and O–H groups in total. The van der Waals surface area contributed by atoms with E-state index in [1.807, 2.05) is 12.1 Å². The second-order valence-corrected chi connectivity index (χ2v) is 5.36. The lowest BCUT2D eigenvalue weighted by Crippen LogP contribution is -2.12. The fraction of sp³-hybridized carbons (Fsp3) is 0.357. The Balaban J connectivity index is 2.38. The molecule has 1 heterocycles. The van der Waals surface area contributed by atoms with Gasteiger partial charge in [-0.15, -0.1) is 0 Å². The van der Waals surface area contributed by atoms with E-state index >= 15 is 0 Å². The van der Waals surface area contributed by atoms with Gasteiger partial charge in [0.2, 0.25) is 0 Å². The number of halogens is 1. The maximum Gasteiger partial charge on any atom is 0.333 e. The number of rotatable bonds is 2. The molecule has 0 saturated carbocycles. The smallest absolute Gasteiger partial charge is 0.333 e. The average molecular weight is 310 g/mol. The summed E-state index contributed by atoms with van der Waals surface area (Å²) in [6.07, 6.45) is 2.90. The van der Waals surface area contributed by atoms with Crippen LogP contribution >= 0.6 is 15.9 Å². The summed E-state index contributed by atoms with van der Waals surface area (Å²) in [7, 11) is 3.49. The summed E-state index contributed by atoms with van der Waals surface area (Å²) >= 11 is 3.60. The van der Waals surface area contributed by atoms with E-state index in [-0.39, 0.29) is 5.97 Å². The molecule has 2 rings (SSSR count). The summed E-state index contributed by atoms with van der Waals surface area (Å²) in [6, 6.07) is 4.17. The molecule has 1 aliphatic heterocycles. The fourth-order valence-electron chi connectivity index (χ4n) is 2.25. The first-order chi connectivity index (χ1) is 8.52. The Kier molecular flexibility index (Phi) is 3.76. The van der Waals surface area contributed by atoms with Crippen LogP contribution in [0.1, 0.15) is 18.1 Å². The van der Waals surface area contributed by atoms with Gasteiger partial charge in [0.25, 0.3) is 0 Å². The zero-order valence-electron chi connectivity index (χ0n) is 10.8. The third-order valence-corrected chi connectivity index (χ3v) is 3.76. The van der Waals surface area contributed by atoms with Crippen molar-refractivity contribution in [1.29, 1.82) is 0 Å². The molecule has 1 aromatic carbocycles. The molecule has 0 spiro atoms. The highest BCUT2D eigenvalue weighted by molar-refractivity contribution is 9.10. The van der Waals surface area contributed by atoms with Crippen LogP contribution in [0.3, 0.4) is 0 Å². The predicted octanol–water partition coefficient (Wildman–Crippen LogP) is 3.02. The highest BCUT2D eigenvalue weighted by atomic mass is 79.9. The maximum absolute atomic E-state index is 11.4. The van der Waals surface area contributed by atoms with E-state index in [1.165, 1.54) is 18.4 Å². The predicted molar refractivity (Wildman–Crippen MR) is 76.8 cm³/mol. The van der Waals surface area contributed by atoms with Crippen molar-refractivity contribution in [2.75, 3.05) is 25.6 Å². The molecule has 4 heteroatoms. The topological polar surface area (TPSA) is 29.5 Å². The van der Waals surface area contributed by atoms with E-state index in [9.17, 15) is 4.79 Å². The van der Waals surface area contributed by atoms with Gasteiger partial charge in [-0.2, -0.15) is 0 Å². The van der Waals surface area contributed by atoms with Gasteiger partial charge >= 0.3 is 5.97 Å². The molecule has 96 valence electrons. The van der Waals surface area contributed by atoms with Crippen molar-refractivity contribution < 1.29 is 9.53 Å². The molecule has 1 aromatic rings. The van der Waals surface area contributed by atoms with E-state index in [0.29, 0.717) is 5.57 Å². The zero-order valence-corrected chi connectivity index (χ0v) is 12.4. The van der Waals surface area contributed by atoms with Gasteiger partial charge < -0.3 is 9.64 Å². The minimum absolute atomic E-state index is 0.288. The molecular weight excluding hydrogens is 294 g/mol. The summed E-state index contributed by atoms with van der Waals surface area (Å²) < 4.78 is 5.77. The molecule has 1 aliphatic rings. The maximum atomic E-state index is 11.4. The van der Waals surface area contributed by atoms with Crippen LogP contribution in [0.2, 0.25) is 0 Å². The van der Waals surface area contributed by atoms with Crippen LogP contribution in [-0.2, 0) is 16.0 Å². The molecule has 0 saturated heterocycles. The number of hydrogen-bond donors (Lipinski definition) is 0. The van der Waals surface area contributed by atoms with Crippen molar-refractivity contribution in [2.45, 2.75) is 13.3 Å². The third-order valence-electron chi connectivity index (χ3n) is 3.15. The minimum Gasteiger partial charge on any atom is -0.466 e. The van der Waals surface area contributed by atoms with Gasteiger partial charge in [-0.05, 0) is 58.6 Å². The van der Waals surface area contributed by atoms with E-state index in [0.717, 1.165) is 23.0 Å². The van der Waals surface area contributed by atoms with Crippen LogP contribution in [0, 0.1) is 0 Å². The summed E-state index contributed by atoms with van der Waals surface area (Å²) in [4.78, 5) is 13.6. The SMILES string of the molecule is COC(=O)C(C)=Cc1cc(Br)c2c(c1)CCN2C. The summed E-state index contributed by atoms with van der Waals surface area (Å²) in [5.41, 5.74) is 4.20. The number of ether oxygens (including phenoxy) is 1. The van der Waals surface area contributed by atoms with Crippen molar-refractivity contribution in [3.8, 4) is 0 Å². The molecule has 0 unspecified atom stereocenters. The number of hydrogen-bond acceptors (Lipinski definition) is 3. The van der Waals surface area contributed by atoms with Crippen molar-refractivity contribution in [1.82, 2.24) is 0 Å². The van der Waals surface area contributed by atoms with Gasteiger partial charge in [-0.3, -0.25) is 0 Å². The lowest BCUT2D eigenvalue weighted by Gasteiger charge is -2.14. The molecule has 3 nitrogen and oxygen atoms in total. The third kappa shape index (κ3) is 2.43. The number of fused-ring (bicyclic) bond motifs is 1. The van der Waals surface area contributed by atoms with Gasteiger partial charge in [-0.25, -0.2) is 4.79 Å². The van der Waals surface area contributed by atoms with Crippen LogP contribution < -0.4 is 4.90 Å². The number of nitrogens with zero attached hydrogens (tertiary/aromatic N) is 1. The van der Waals surface area contributed by atoms with Crippen molar-refractivity contribution >= 4 is 33.7 Å². The molecule has 0 bridgehead atoms. The van der Waals surface area contributed by atoms with Crippen LogP contribution in [0.15, 0.2) is 22.2 Å². The van der Waals surface area contributed by atoms with Crippen molar-refractivity contribution in [2.24, 2.45) is 0 Å². The van der Waals surface area contributed by atoms with E-state index < -0.39 is 0 Å². The van der Waals surface area contributed by atoms with Gasteiger partial charge in [0, 0.05) is 23.6 Å². The highest BCUT2D eigenvalue weighted by Gasteiger charge is 2.19. The summed E-state index contributed by atoms with van der Waals surface area (Å²) in [6.45, 7) is 2.80. The average Bonchev–Trinajstić information content (AvgIpc) is 2.70. The number of likely N-dealkylation sites (N-methyl/N-ethyl adjacent to an activating group) is 1. The standard InChI is InChI=1S/C14H16BrNO2/c1-9(14(17)18-3)6-10-7-11-4-5-16(2)13(11)12(15)8-10/h6-8H,4-5H2,1-3H3. The van der Waals surface area contributed by atoms with Crippen LogP contribution in [0.4, 0.5) is 5.69 Å². The lowest BCUT2D eigenvalue weighted by atomic mass is 10.1. The quantitative estimate of drug-likeness (QED) is 0.621. The molecule has 0 radical (unpaired) electrons. The second-order valence-electron chi connectivity index (χ2n) is 4.50. The number of methoxy groups -OCH3 is 1. The molecular formula is C14H16BrNO2. The van der Waals surface area contributed by atoms with Crippen molar-refractivity contribution in [3.05, 3.63) is 33.3 Å². The van der Waals surface area contributed by atoms with E-state index in [2.05, 4.69) is 33.9 Å². The fourth-order valence-corrected chi connectivity index (χ4v) is 3.07. The van der Waals surface area contributed by atoms with Gasteiger partial charge in [0.1, 0.15) is 0 Å². The summed E-state index contributed by atoms with van der Waals surface area (Å²) in [5, 5.41) is 0. The van der Waals surface area contributed by atoms with Gasteiger partial charge in [-0.1, -0.05) is 0 Å². The van der Waals surface area contributed by atoms with Crippen LogP contribution in [0.25, 0.3) is 6.08 Å². The number of carbonyl (C=O) groups is 1. The molecule has 0 fully saturated rings. The molecule has 18 heavy (non-hydrogen) atoms. The molecule has 0 atom stereocenters. The van der Waals surface area contributed by atoms with Crippen molar-refractivity contribution in [3.63, 3.8) is 0 Å². The first-order valence-electron chi connectivity index (χ1n) is 5.83. The van der Waals surface area contributed by atoms with Gasteiger partial charge in [0.15, 0.2) is 0 Å². The Bertz CT molecular complexity index is 523. The lowest BCUT2D eigenvalue weighted by molar-refractivity contribution is -0.135. The Morgan fingerprint density at radius 2 is 2.22 bits per heavy atom. The minimum atomic E-state index is -0.288. The Hall–Kier alpha value is -1.29. The molecule has 0 aliphatic carbocycles. The van der Waals surface area contributed by atoms with Crippen LogP contribution in [-0.4, -0.2) is 26.7 Å². The first kappa shape index (κ1) is 13.1.